The Labute approximate surface area is 229 Å². The van der Waals surface area contributed by atoms with Gasteiger partial charge in [-0.05, 0) is 30.5 Å². The number of aliphatic carboxylic acids is 1. The maximum Gasteiger partial charge on any atom is 0.322 e. The number of phenols is 1. The number of amides is 5. The molecule has 0 bridgehead atoms. The van der Waals surface area contributed by atoms with Crippen molar-refractivity contribution in [1.82, 2.24) is 26.6 Å². The van der Waals surface area contributed by atoms with Crippen LogP contribution < -0.4 is 43.8 Å². The number of hydrogen-bond acceptors (Lipinski definition) is 9. The lowest BCUT2D eigenvalue weighted by atomic mass is 10.0. The summed E-state index contributed by atoms with van der Waals surface area (Å²) < 4.78 is 0. The van der Waals surface area contributed by atoms with Crippen LogP contribution in [0, 0.1) is 0 Å². The number of carboxylic acids is 1. The third kappa shape index (κ3) is 14.7. The minimum absolute atomic E-state index is 0.00332. The molecule has 1 aromatic carbocycles. The highest BCUT2D eigenvalue weighted by molar-refractivity contribution is 5.93. The van der Waals surface area contributed by atoms with Crippen molar-refractivity contribution in [2.45, 2.75) is 31.3 Å². The normalized spacial score (nSPS) is 11.7. The van der Waals surface area contributed by atoms with Gasteiger partial charge < -0.3 is 54.0 Å². The Morgan fingerprint density at radius 1 is 0.800 bits per heavy atom. The molecule has 0 heterocycles. The molecule has 0 saturated heterocycles. The van der Waals surface area contributed by atoms with Crippen LogP contribution >= 0.6 is 0 Å². The van der Waals surface area contributed by atoms with Gasteiger partial charge in [-0.25, -0.2) is 0 Å². The van der Waals surface area contributed by atoms with Crippen LogP contribution in [0.25, 0.3) is 0 Å². The van der Waals surface area contributed by atoms with Crippen molar-refractivity contribution in [2.24, 2.45) is 22.2 Å². The highest BCUT2D eigenvalue weighted by Gasteiger charge is 2.22. The molecule has 0 aromatic heterocycles. The highest BCUT2D eigenvalue weighted by atomic mass is 16.4. The second-order valence-corrected chi connectivity index (χ2v) is 8.43. The van der Waals surface area contributed by atoms with Crippen molar-refractivity contribution < 1.29 is 39.0 Å². The van der Waals surface area contributed by atoms with Gasteiger partial charge in [0.15, 0.2) is 5.96 Å². The first kappa shape index (κ1) is 33.1. The van der Waals surface area contributed by atoms with E-state index in [1.807, 2.05) is 0 Å². The quantitative estimate of drug-likeness (QED) is 0.0486. The number of nitrogens with zero attached hydrogens (tertiary/aromatic N) is 1. The molecule has 0 aliphatic rings. The third-order valence-electron chi connectivity index (χ3n) is 5.06. The van der Waals surface area contributed by atoms with Crippen LogP contribution in [0.3, 0.4) is 0 Å². The van der Waals surface area contributed by atoms with Crippen LogP contribution in [0.4, 0.5) is 0 Å². The topological polar surface area (TPSA) is 293 Å². The molecular formula is C23H35N9O8. The predicted octanol–water partition coefficient (Wildman–Crippen LogP) is -4.65. The van der Waals surface area contributed by atoms with Crippen molar-refractivity contribution in [3.63, 3.8) is 0 Å². The fourth-order valence-electron chi connectivity index (χ4n) is 3.04. The van der Waals surface area contributed by atoms with Gasteiger partial charge in [0.1, 0.15) is 18.3 Å². The van der Waals surface area contributed by atoms with Crippen molar-refractivity contribution >= 4 is 41.5 Å². The number of carbonyl (C=O) groups is 6. The maximum atomic E-state index is 12.4. The number of benzene rings is 1. The van der Waals surface area contributed by atoms with Crippen LogP contribution in [0.1, 0.15) is 18.4 Å². The number of carbonyl (C=O) groups excluding carboxylic acids is 5. The van der Waals surface area contributed by atoms with E-state index >= 15 is 0 Å². The van der Waals surface area contributed by atoms with Crippen molar-refractivity contribution in [3.05, 3.63) is 29.8 Å². The van der Waals surface area contributed by atoms with Gasteiger partial charge in [0.2, 0.25) is 29.5 Å². The molecule has 17 nitrogen and oxygen atoms in total. The second kappa shape index (κ2) is 17.6. The van der Waals surface area contributed by atoms with Gasteiger partial charge in [-0.15, -0.1) is 0 Å². The van der Waals surface area contributed by atoms with Crippen LogP contribution in [0.2, 0.25) is 0 Å². The summed E-state index contributed by atoms with van der Waals surface area (Å²) in [7, 11) is 0. The Morgan fingerprint density at radius 3 is 1.93 bits per heavy atom. The second-order valence-electron chi connectivity index (χ2n) is 8.43. The molecule has 0 unspecified atom stereocenters. The average molecular weight is 566 g/mol. The van der Waals surface area contributed by atoms with E-state index < -0.39 is 73.8 Å². The SMILES string of the molecule is NC(N)=NCCC[C@H](N)C(=O)NCC(=O)NCC(=O)NCC(=O)N[C@@H](Cc1ccc(O)cc1)C(=O)NCC(=O)O. The van der Waals surface area contributed by atoms with Crippen LogP contribution in [0.5, 0.6) is 5.75 Å². The van der Waals surface area contributed by atoms with E-state index in [9.17, 15) is 33.9 Å². The lowest BCUT2D eigenvalue weighted by Crippen LogP contribution is -2.52. The lowest BCUT2D eigenvalue weighted by molar-refractivity contribution is -0.138. The molecule has 17 heteroatoms. The number of aromatic hydroxyl groups is 1. The van der Waals surface area contributed by atoms with E-state index in [2.05, 4.69) is 31.6 Å². The first-order valence-corrected chi connectivity index (χ1v) is 12.1. The molecule has 5 amide bonds. The molecule has 0 radical (unpaired) electrons. The number of guanidine groups is 1. The van der Waals surface area contributed by atoms with Crippen molar-refractivity contribution in [1.29, 1.82) is 0 Å². The number of aliphatic imine (C=N–C) groups is 1. The Bertz CT molecular complexity index is 1070. The van der Waals surface area contributed by atoms with Gasteiger partial charge in [0.25, 0.3) is 0 Å². The van der Waals surface area contributed by atoms with E-state index in [0.717, 1.165) is 0 Å². The number of nitrogens with two attached hydrogens (primary N) is 3. The average Bonchev–Trinajstić information content (AvgIpc) is 2.90. The largest absolute Gasteiger partial charge is 0.508 e. The molecule has 2 atom stereocenters. The molecule has 220 valence electrons. The zero-order chi connectivity index (χ0) is 30.1. The molecule has 0 fully saturated rings. The molecular weight excluding hydrogens is 530 g/mol. The summed E-state index contributed by atoms with van der Waals surface area (Å²) in [6.07, 6.45) is 0.718. The Hall–Kier alpha value is -4.93. The molecule has 13 N–H and O–H groups in total. The van der Waals surface area contributed by atoms with E-state index in [1.165, 1.54) is 24.3 Å². The van der Waals surface area contributed by atoms with Gasteiger partial charge in [0.05, 0.1) is 25.7 Å². The van der Waals surface area contributed by atoms with Crippen molar-refractivity contribution in [2.75, 3.05) is 32.7 Å². The van der Waals surface area contributed by atoms with Gasteiger partial charge in [-0.2, -0.15) is 0 Å². The van der Waals surface area contributed by atoms with E-state index in [0.29, 0.717) is 18.5 Å². The van der Waals surface area contributed by atoms with Gasteiger partial charge in [0, 0.05) is 13.0 Å². The summed E-state index contributed by atoms with van der Waals surface area (Å²) in [6, 6.07) is 3.76. The molecule has 40 heavy (non-hydrogen) atoms. The number of nitrogens with one attached hydrogen (secondary N) is 5. The van der Waals surface area contributed by atoms with E-state index in [1.54, 1.807) is 0 Å². The number of rotatable bonds is 17. The number of carboxylic acid groups (broad SMARTS) is 1. The predicted molar refractivity (Wildman–Crippen MR) is 141 cm³/mol. The zero-order valence-corrected chi connectivity index (χ0v) is 21.6. The molecule has 0 spiro atoms. The van der Waals surface area contributed by atoms with E-state index in [-0.39, 0.29) is 24.6 Å². The fourth-order valence-corrected chi connectivity index (χ4v) is 3.04. The van der Waals surface area contributed by atoms with Crippen LogP contribution in [-0.4, -0.2) is 96.5 Å². The van der Waals surface area contributed by atoms with Crippen LogP contribution in [0.15, 0.2) is 29.3 Å². The molecule has 1 aromatic rings. The highest BCUT2D eigenvalue weighted by Crippen LogP contribution is 2.11. The number of hydrogen-bond donors (Lipinski definition) is 10. The maximum absolute atomic E-state index is 12.4. The third-order valence-corrected chi connectivity index (χ3v) is 5.06. The molecule has 0 aliphatic heterocycles. The zero-order valence-electron chi connectivity index (χ0n) is 21.6. The van der Waals surface area contributed by atoms with Crippen LogP contribution in [-0.2, 0) is 35.2 Å². The standard InChI is InChI=1S/C23H35N9O8/c24-15(2-1-7-27-23(25)26)21(39)30-10-18(35)28-9-17(34)29-11-19(36)32-16(22(40)31-12-20(37)38)8-13-3-5-14(33)6-4-13/h3-6,15-16,33H,1-2,7-12,24H2,(H,28,35)(H,29,34)(H,30,39)(H,31,40)(H,32,36)(H,37,38)(H4,25,26,27)/t15-,16-/m0/s1. The first-order valence-electron chi connectivity index (χ1n) is 12.1. The summed E-state index contributed by atoms with van der Waals surface area (Å²) >= 11 is 0. The Kier molecular flexibility index (Phi) is 14.5. The first-order chi connectivity index (χ1) is 18.9. The summed E-state index contributed by atoms with van der Waals surface area (Å²) in [4.78, 5) is 75.1. The Morgan fingerprint density at radius 2 is 1.35 bits per heavy atom. The smallest absolute Gasteiger partial charge is 0.322 e. The monoisotopic (exact) mass is 565 g/mol. The summed E-state index contributed by atoms with van der Waals surface area (Å²) in [6.45, 7) is -1.84. The molecule has 0 saturated carbocycles. The fraction of sp³-hybridized carbons (Fsp3) is 0.435. The minimum Gasteiger partial charge on any atom is -0.508 e. The molecule has 1 rings (SSSR count). The van der Waals surface area contributed by atoms with Gasteiger partial charge in [-0.3, -0.25) is 33.8 Å². The summed E-state index contributed by atoms with van der Waals surface area (Å²) in [5, 5.41) is 29.6. The van der Waals surface area contributed by atoms with E-state index in [4.69, 9.17) is 22.3 Å². The van der Waals surface area contributed by atoms with Gasteiger partial charge in [-0.1, -0.05) is 12.1 Å². The summed E-state index contributed by atoms with van der Waals surface area (Å²) in [5.74, 6) is -4.85. The van der Waals surface area contributed by atoms with Gasteiger partial charge >= 0.3 is 5.97 Å². The minimum atomic E-state index is -1.28. The lowest BCUT2D eigenvalue weighted by Gasteiger charge is -2.18. The molecule has 0 aliphatic carbocycles. The number of phenolic OH excluding ortho intramolecular Hbond substituents is 1. The summed E-state index contributed by atoms with van der Waals surface area (Å²) in [5.41, 5.74) is 16.7. The van der Waals surface area contributed by atoms with Crippen molar-refractivity contribution in [3.8, 4) is 5.75 Å². The Balaban J connectivity index is 2.44.